The third kappa shape index (κ3) is 1.82. The van der Waals surface area contributed by atoms with Crippen molar-refractivity contribution < 1.29 is 14.3 Å². The third-order valence-electron chi connectivity index (χ3n) is 2.28. The Morgan fingerprint density at radius 1 is 1.25 bits per heavy atom. The molecule has 0 heterocycles. The van der Waals surface area contributed by atoms with Crippen molar-refractivity contribution in [3.63, 3.8) is 0 Å². The molecule has 0 saturated heterocycles. The van der Waals surface area contributed by atoms with Crippen LogP contribution in [0.3, 0.4) is 0 Å². The van der Waals surface area contributed by atoms with Gasteiger partial charge in [0.1, 0.15) is 0 Å². The minimum atomic E-state index is 0.381. The van der Waals surface area contributed by atoms with Crippen LogP contribution in [0.1, 0.15) is 0 Å². The summed E-state index contributed by atoms with van der Waals surface area (Å²) in [6, 6.07) is 8.92. The van der Waals surface area contributed by atoms with E-state index in [2.05, 4.69) is 0 Å². The van der Waals surface area contributed by atoms with Gasteiger partial charge in [-0.2, -0.15) is 0 Å². The van der Waals surface area contributed by atoms with Crippen molar-refractivity contribution in [3.8, 4) is 11.5 Å². The van der Waals surface area contributed by atoms with Gasteiger partial charge in [-0.25, -0.2) is 0 Å². The molecule has 3 nitrogen and oxygen atoms in total. The highest BCUT2D eigenvalue weighted by atomic mass is 35.5. The van der Waals surface area contributed by atoms with E-state index in [-0.39, 0.29) is 0 Å². The van der Waals surface area contributed by atoms with Crippen LogP contribution in [0.25, 0.3) is 10.8 Å². The van der Waals surface area contributed by atoms with Crippen LogP contribution in [0.2, 0.25) is 5.02 Å². The number of ether oxygens (including phenoxy) is 2. The van der Waals surface area contributed by atoms with Crippen LogP contribution < -0.4 is 9.47 Å². The molecule has 16 heavy (non-hydrogen) atoms. The second-order valence-electron chi connectivity index (χ2n) is 3.18. The van der Waals surface area contributed by atoms with Gasteiger partial charge >= 0.3 is 0 Å². The molecule has 0 saturated carbocycles. The van der Waals surface area contributed by atoms with Gasteiger partial charge in [-0.3, -0.25) is 4.79 Å². The van der Waals surface area contributed by atoms with Gasteiger partial charge in [-0.1, -0.05) is 17.7 Å². The number of fused-ring (bicyclic) bond motifs is 1. The molecule has 4 heteroatoms. The van der Waals surface area contributed by atoms with Crippen molar-refractivity contribution in [2.24, 2.45) is 0 Å². The van der Waals surface area contributed by atoms with E-state index in [9.17, 15) is 4.79 Å². The maximum atomic E-state index is 10.4. The van der Waals surface area contributed by atoms with Crippen LogP contribution in [-0.4, -0.2) is 13.6 Å². The molecule has 0 aromatic heterocycles. The average molecular weight is 237 g/mol. The Morgan fingerprint density at radius 2 is 2.06 bits per heavy atom. The largest absolute Gasteiger partial charge is 0.493 e. The number of methoxy groups -OCH3 is 1. The van der Waals surface area contributed by atoms with E-state index in [1.807, 2.05) is 6.07 Å². The van der Waals surface area contributed by atoms with E-state index < -0.39 is 0 Å². The fourth-order valence-electron chi connectivity index (χ4n) is 1.58. The third-order valence-corrected chi connectivity index (χ3v) is 2.52. The summed E-state index contributed by atoms with van der Waals surface area (Å²) in [5.41, 5.74) is 0. The summed E-state index contributed by atoms with van der Waals surface area (Å²) in [5, 5.41) is 2.32. The molecule has 0 N–H and O–H groups in total. The first-order valence-corrected chi connectivity index (χ1v) is 5.00. The molecule has 2 rings (SSSR count). The molecule has 2 aromatic rings. The van der Waals surface area contributed by atoms with Gasteiger partial charge in [0.2, 0.25) is 0 Å². The highest BCUT2D eigenvalue weighted by Crippen LogP contribution is 2.36. The van der Waals surface area contributed by atoms with E-state index in [1.54, 1.807) is 24.3 Å². The summed E-state index contributed by atoms with van der Waals surface area (Å²) in [6.07, 6.45) is 0. The summed E-state index contributed by atoms with van der Waals surface area (Å²) in [6.45, 7) is 0.381. The molecule has 0 unspecified atom stereocenters. The van der Waals surface area contributed by atoms with Crippen molar-refractivity contribution >= 4 is 28.8 Å². The number of halogens is 1. The Bertz CT molecular complexity index is 537. The zero-order valence-corrected chi connectivity index (χ0v) is 9.32. The Kier molecular flexibility index (Phi) is 2.97. The predicted molar refractivity (Wildman–Crippen MR) is 62.2 cm³/mol. The maximum absolute atomic E-state index is 10.4. The second-order valence-corrected chi connectivity index (χ2v) is 3.61. The van der Waals surface area contributed by atoms with Crippen LogP contribution in [0.5, 0.6) is 11.5 Å². The summed E-state index contributed by atoms with van der Waals surface area (Å²) < 4.78 is 10.1. The number of rotatable bonds is 3. The van der Waals surface area contributed by atoms with Crippen molar-refractivity contribution in [3.05, 3.63) is 35.4 Å². The van der Waals surface area contributed by atoms with Crippen LogP contribution in [0.4, 0.5) is 0 Å². The lowest BCUT2D eigenvalue weighted by molar-refractivity contribution is -0.120. The average Bonchev–Trinajstić information content (AvgIpc) is 2.29. The SMILES string of the molecule is COc1ccc2cc(Cl)ccc2c1OC=O. The van der Waals surface area contributed by atoms with Gasteiger partial charge in [0.15, 0.2) is 11.5 Å². The lowest BCUT2D eigenvalue weighted by atomic mass is 10.1. The monoisotopic (exact) mass is 236 g/mol. The van der Waals surface area contributed by atoms with Crippen molar-refractivity contribution in [1.29, 1.82) is 0 Å². The Hall–Kier alpha value is -1.74. The van der Waals surface area contributed by atoms with E-state index in [0.717, 1.165) is 10.8 Å². The molecule has 0 spiro atoms. The van der Waals surface area contributed by atoms with Gasteiger partial charge in [-0.15, -0.1) is 0 Å². The lowest BCUT2D eigenvalue weighted by Crippen LogP contribution is -1.94. The van der Waals surface area contributed by atoms with E-state index >= 15 is 0 Å². The van der Waals surface area contributed by atoms with E-state index in [4.69, 9.17) is 21.1 Å². The standard InChI is InChI=1S/C12H9ClO3/c1-15-11-5-2-8-6-9(13)3-4-10(8)12(11)16-7-14/h2-7H,1H3. The zero-order valence-electron chi connectivity index (χ0n) is 8.57. The topological polar surface area (TPSA) is 35.5 Å². The second kappa shape index (κ2) is 4.41. The number of benzene rings is 2. The highest BCUT2D eigenvalue weighted by molar-refractivity contribution is 6.31. The molecule has 0 radical (unpaired) electrons. The van der Waals surface area contributed by atoms with Gasteiger partial charge in [0.25, 0.3) is 6.47 Å². The summed E-state index contributed by atoms with van der Waals surface area (Å²) in [4.78, 5) is 10.4. The molecule has 0 bridgehead atoms. The quantitative estimate of drug-likeness (QED) is 0.769. The predicted octanol–water partition coefficient (Wildman–Crippen LogP) is 3.04. The first-order chi connectivity index (χ1) is 7.76. The Labute approximate surface area is 97.5 Å². The summed E-state index contributed by atoms with van der Waals surface area (Å²) >= 11 is 5.88. The first-order valence-electron chi connectivity index (χ1n) is 4.63. The van der Waals surface area contributed by atoms with Gasteiger partial charge < -0.3 is 9.47 Å². The number of hydrogen-bond acceptors (Lipinski definition) is 3. The molecular weight excluding hydrogens is 228 g/mol. The minimum Gasteiger partial charge on any atom is -0.493 e. The number of carbonyl (C=O) groups is 1. The number of carbonyl (C=O) groups excluding carboxylic acids is 1. The van der Waals surface area contributed by atoms with Crippen molar-refractivity contribution in [2.75, 3.05) is 7.11 Å². The molecule has 0 fully saturated rings. The van der Waals surface area contributed by atoms with Gasteiger partial charge in [-0.05, 0) is 29.7 Å². The van der Waals surface area contributed by atoms with Crippen LogP contribution in [0, 0.1) is 0 Å². The molecule has 0 aliphatic heterocycles. The van der Waals surface area contributed by atoms with E-state index in [1.165, 1.54) is 7.11 Å². The molecular formula is C12H9ClO3. The molecule has 82 valence electrons. The minimum absolute atomic E-state index is 0.381. The van der Waals surface area contributed by atoms with Crippen LogP contribution >= 0.6 is 11.6 Å². The van der Waals surface area contributed by atoms with Crippen LogP contribution in [-0.2, 0) is 4.79 Å². The fourth-order valence-corrected chi connectivity index (χ4v) is 1.76. The first kappa shape index (κ1) is 10.8. The van der Waals surface area contributed by atoms with Gasteiger partial charge in [0, 0.05) is 10.4 Å². The Morgan fingerprint density at radius 3 is 2.75 bits per heavy atom. The normalized spacial score (nSPS) is 10.1. The van der Waals surface area contributed by atoms with Gasteiger partial charge in [0.05, 0.1) is 7.11 Å². The maximum Gasteiger partial charge on any atom is 0.298 e. The highest BCUT2D eigenvalue weighted by Gasteiger charge is 2.09. The molecule has 0 aliphatic rings. The van der Waals surface area contributed by atoms with E-state index in [0.29, 0.717) is 23.0 Å². The summed E-state index contributed by atoms with van der Waals surface area (Å²) in [7, 11) is 1.52. The molecule has 0 amide bonds. The zero-order chi connectivity index (χ0) is 11.5. The fraction of sp³-hybridized carbons (Fsp3) is 0.0833. The molecule has 0 aliphatic carbocycles. The van der Waals surface area contributed by atoms with Crippen molar-refractivity contribution in [2.45, 2.75) is 0 Å². The Balaban J connectivity index is 2.73. The summed E-state index contributed by atoms with van der Waals surface area (Å²) in [5.74, 6) is 0.925. The lowest BCUT2D eigenvalue weighted by Gasteiger charge is -2.09. The molecule has 0 atom stereocenters. The van der Waals surface area contributed by atoms with Crippen LogP contribution in [0.15, 0.2) is 30.3 Å². The smallest absolute Gasteiger partial charge is 0.298 e. The molecule has 2 aromatic carbocycles. The number of hydrogen-bond donors (Lipinski definition) is 0. The van der Waals surface area contributed by atoms with Crippen molar-refractivity contribution in [1.82, 2.24) is 0 Å².